The van der Waals surface area contributed by atoms with Gasteiger partial charge in [0.1, 0.15) is 11.3 Å². The van der Waals surface area contributed by atoms with Crippen LogP contribution in [0.2, 0.25) is 0 Å². The molecule has 1 amide bonds. The second-order valence-corrected chi connectivity index (χ2v) is 5.08. The van der Waals surface area contributed by atoms with Gasteiger partial charge in [0.15, 0.2) is 0 Å². The molecule has 2 rings (SSSR count). The highest BCUT2D eigenvalue weighted by atomic mass is 16.4. The summed E-state index contributed by atoms with van der Waals surface area (Å²) in [7, 11) is 0. The number of carbonyl (C=O) groups excluding carboxylic acids is 1. The molecule has 5 N–H and O–H groups in total. The van der Waals surface area contributed by atoms with E-state index in [-0.39, 0.29) is 29.2 Å². The van der Waals surface area contributed by atoms with Crippen molar-refractivity contribution >= 4 is 17.6 Å². The van der Waals surface area contributed by atoms with Crippen LogP contribution in [0, 0.1) is 5.92 Å². The highest BCUT2D eigenvalue weighted by molar-refractivity contribution is 5.96. The van der Waals surface area contributed by atoms with Crippen LogP contribution >= 0.6 is 0 Å². The summed E-state index contributed by atoms with van der Waals surface area (Å²) in [6.45, 7) is 0. The predicted molar refractivity (Wildman–Crippen MR) is 73.6 cm³/mol. The van der Waals surface area contributed by atoms with Gasteiger partial charge in [0.2, 0.25) is 5.91 Å². The first-order chi connectivity index (χ1) is 9.49. The third kappa shape index (κ3) is 3.08. The van der Waals surface area contributed by atoms with Crippen molar-refractivity contribution in [1.82, 2.24) is 0 Å². The van der Waals surface area contributed by atoms with E-state index in [1.165, 1.54) is 18.2 Å². The van der Waals surface area contributed by atoms with Gasteiger partial charge in [0, 0.05) is 11.7 Å². The molecule has 0 aliphatic heterocycles. The summed E-state index contributed by atoms with van der Waals surface area (Å²) < 4.78 is 0. The van der Waals surface area contributed by atoms with Gasteiger partial charge in [-0.05, 0) is 31.0 Å². The molecular weight excluding hydrogens is 260 g/mol. The van der Waals surface area contributed by atoms with Crippen LogP contribution in [0.1, 0.15) is 36.0 Å². The Balaban J connectivity index is 2.11. The zero-order chi connectivity index (χ0) is 14.7. The molecule has 1 aromatic rings. The largest absolute Gasteiger partial charge is 0.507 e. The summed E-state index contributed by atoms with van der Waals surface area (Å²) in [5, 5.41) is 21.0. The molecule has 6 heteroatoms. The molecule has 1 aliphatic carbocycles. The van der Waals surface area contributed by atoms with Crippen molar-refractivity contribution < 1.29 is 19.8 Å². The molecule has 0 bridgehead atoms. The minimum atomic E-state index is -1.24. The number of aromatic hydroxyl groups is 1. The van der Waals surface area contributed by atoms with Crippen molar-refractivity contribution in [1.29, 1.82) is 0 Å². The number of carboxylic acids is 1. The Morgan fingerprint density at radius 3 is 2.60 bits per heavy atom. The topological polar surface area (TPSA) is 113 Å². The summed E-state index contributed by atoms with van der Waals surface area (Å²) in [6.07, 6.45) is 3.58. The average Bonchev–Trinajstić information content (AvgIpc) is 2.41. The Labute approximate surface area is 116 Å². The van der Waals surface area contributed by atoms with E-state index in [4.69, 9.17) is 10.8 Å². The highest BCUT2D eigenvalue weighted by Gasteiger charge is 2.28. The zero-order valence-electron chi connectivity index (χ0n) is 11.0. The van der Waals surface area contributed by atoms with Crippen LogP contribution in [0.25, 0.3) is 0 Å². The smallest absolute Gasteiger partial charge is 0.339 e. The molecule has 1 fully saturated rings. The minimum Gasteiger partial charge on any atom is -0.507 e. The van der Waals surface area contributed by atoms with E-state index in [1.807, 2.05) is 0 Å². The number of benzene rings is 1. The maximum absolute atomic E-state index is 12.1. The van der Waals surface area contributed by atoms with Gasteiger partial charge in [0.05, 0.1) is 5.92 Å². The number of anilines is 1. The van der Waals surface area contributed by atoms with Crippen LogP contribution in [0.15, 0.2) is 18.2 Å². The Bertz CT molecular complexity index is 530. The third-order valence-corrected chi connectivity index (χ3v) is 3.65. The molecule has 0 saturated heterocycles. The molecule has 6 nitrogen and oxygen atoms in total. The van der Waals surface area contributed by atoms with Gasteiger partial charge in [-0.25, -0.2) is 4.79 Å². The molecule has 0 heterocycles. The standard InChI is InChI=1S/C14H18N2O4/c15-11-4-2-1-3-9(11)13(18)16-8-5-6-12(17)10(7-8)14(19)20/h5-7,9,11,17H,1-4,15H2,(H,16,18)(H,19,20). The molecule has 0 spiro atoms. The number of aromatic carboxylic acids is 1. The van der Waals surface area contributed by atoms with Gasteiger partial charge >= 0.3 is 5.97 Å². The van der Waals surface area contributed by atoms with Crippen LogP contribution in [0.5, 0.6) is 5.75 Å². The monoisotopic (exact) mass is 278 g/mol. The quantitative estimate of drug-likeness (QED) is 0.626. The second-order valence-electron chi connectivity index (χ2n) is 5.08. The fourth-order valence-electron chi connectivity index (χ4n) is 2.51. The lowest BCUT2D eigenvalue weighted by Crippen LogP contribution is -2.40. The number of hydrogen-bond donors (Lipinski definition) is 4. The molecule has 108 valence electrons. The van der Waals surface area contributed by atoms with Crippen LogP contribution in [-0.2, 0) is 4.79 Å². The first-order valence-electron chi connectivity index (χ1n) is 6.62. The summed E-state index contributed by atoms with van der Waals surface area (Å²) in [5.74, 6) is -2.01. The number of carboxylic acid groups (broad SMARTS) is 1. The molecule has 2 atom stereocenters. The van der Waals surface area contributed by atoms with Crippen LogP contribution in [0.3, 0.4) is 0 Å². The zero-order valence-corrected chi connectivity index (χ0v) is 11.0. The number of carbonyl (C=O) groups is 2. The Morgan fingerprint density at radius 2 is 1.95 bits per heavy atom. The lowest BCUT2D eigenvalue weighted by molar-refractivity contribution is -0.121. The number of nitrogens with two attached hydrogens (primary N) is 1. The van der Waals surface area contributed by atoms with E-state index in [2.05, 4.69) is 5.32 Å². The molecule has 20 heavy (non-hydrogen) atoms. The van der Waals surface area contributed by atoms with Gasteiger partial charge in [-0.15, -0.1) is 0 Å². The fourth-order valence-corrected chi connectivity index (χ4v) is 2.51. The lowest BCUT2D eigenvalue weighted by atomic mass is 9.84. The maximum atomic E-state index is 12.1. The molecular formula is C14H18N2O4. The Hall–Kier alpha value is -2.08. The van der Waals surface area contributed by atoms with E-state index in [0.717, 1.165) is 25.7 Å². The van der Waals surface area contributed by atoms with Crippen molar-refractivity contribution in [2.75, 3.05) is 5.32 Å². The van der Waals surface area contributed by atoms with E-state index in [9.17, 15) is 14.7 Å². The summed E-state index contributed by atoms with van der Waals surface area (Å²) in [4.78, 5) is 23.1. The summed E-state index contributed by atoms with van der Waals surface area (Å²) in [6, 6.07) is 3.80. The molecule has 1 saturated carbocycles. The van der Waals surface area contributed by atoms with E-state index in [1.54, 1.807) is 0 Å². The van der Waals surface area contributed by atoms with E-state index >= 15 is 0 Å². The van der Waals surface area contributed by atoms with Gasteiger partial charge in [0.25, 0.3) is 0 Å². The van der Waals surface area contributed by atoms with Crippen molar-refractivity contribution in [3.63, 3.8) is 0 Å². The Kier molecular flexibility index (Phi) is 4.24. The van der Waals surface area contributed by atoms with E-state index < -0.39 is 5.97 Å². The average molecular weight is 278 g/mol. The molecule has 1 aromatic carbocycles. The number of amides is 1. The third-order valence-electron chi connectivity index (χ3n) is 3.65. The van der Waals surface area contributed by atoms with Crippen molar-refractivity contribution in [3.05, 3.63) is 23.8 Å². The van der Waals surface area contributed by atoms with Crippen LogP contribution in [-0.4, -0.2) is 28.1 Å². The van der Waals surface area contributed by atoms with Gasteiger partial charge in [-0.3, -0.25) is 4.79 Å². The Morgan fingerprint density at radius 1 is 1.25 bits per heavy atom. The summed E-state index contributed by atoms with van der Waals surface area (Å²) in [5.41, 5.74) is 6.05. The van der Waals surface area contributed by atoms with E-state index in [0.29, 0.717) is 5.69 Å². The maximum Gasteiger partial charge on any atom is 0.339 e. The SMILES string of the molecule is NC1CCCCC1C(=O)Nc1ccc(O)c(C(=O)O)c1. The lowest BCUT2D eigenvalue weighted by Gasteiger charge is -2.27. The normalized spacial score (nSPS) is 22.2. The van der Waals surface area contributed by atoms with Crippen molar-refractivity contribution in [3.8, 4) is 5.75 Å². The first-order valence-corrected chi connectivity index (χ1v) is 6.62. The molecule has 2 unspecified atom stereocenters. The predicted octanol–water partition coefficient (Wildman–Crippen LogP) is 1.55. The van der Waals surface area contributed by atoms with Crippen LogP contribution in [0.4, 0.5) is 5.69 Å². The molecule has 1 aliphatic rings. The number of nitrogens with one attached hydrogen (secondary N) is 1. The van der Waals surface area contributed by atoms with Crippen LogP contribution < -0.4 is 11.1 Å². The van der Waals surface area contributed by atoms with Crippen molar-refractivity contribution in [2.24, 2.45) is 11.7 Å². The fraction of sp³-hybridized carbons (Fsp3) is 0.429. The number of hydrogen-bond acceptors (Lipinski definition) is 4. The minimum absolute atomic E-state index is 0.153. The summed E-state index contributed by atoms with van der Waals surface area (Å²) >= 11 is 0. The first kappa shape index (κ1) is 14.3. The van der Waals surface area contributed by atoms with Gasteiger partial charge in [-0.1, -0.05) is 12.8 Å². The molecule has 0 aromatic heterocycles. The number of phenols is 1. The van der Waals surface area contributed by atoms with Crippen molar-refractivity contribution in [2.45, 2.75) is 31.7 Å². The molecule has 0 radical (unpaired) electrons. The van der Waals surface area contributed by atoms with Gasteiger partial charge in [-0.2, -0.15) is 0 Å². The van der Waals surface area contributed by atoms with Gasteiger partial charge < -0.3 is 21.3 Å². The second kappa shape index (κ2) is 5.92. The highest BCUT2D eigenvalue weighted by Crippen LogP contribution is 2.26. The number of rotatable bonds is 3.